The van der Waals surface area contributed by atoms with Gasteiger partial charge in [-0.1, -0.05) is 35.4 Å². The fourth-order valence-corrected chi connectivity index (χ4v) is 3.42. The number of aryl methyl sites for hydroxylation is 1. The van der Waals surface area contributed by atoms with Gasteiger partial charge in [-0.05, 0) is 62.0 Å². The topological polar surface area (TPSA) is 75.1 Å². The Balaban J connectivity index is 1.84. The van der Waals surface area contributed by atoms with Crippen LogP contribution in [0, 0.1) is 5.92 Å². The average molecular weight is 315 g/mol. The summed E-state index contributed by atoms with van der Waals surface area (Å²) in [5.74, 6) is 0.187. The monoisotopic (exact) mass is 315 g/mol. The molecule has 5 heteroatoms. The normalized spacial score (nSPS) is 22.0. The summed E-state index contributed by atoms with van der Waals surface area (Å²) in [5.41, 5.74) is 9.85. The molecule has 1 aromatic rings. The number of hydrogen-bond acceptors (Lipinski definition) is 3. The van der Waals surface area contributed by atoms with Crippen LogP contribution in [0.3, 0.4) is 0 Å². The molecule has 5 nitrogen and oxygen atoms in total. The van der Waals surface area contributed by atoms with Crippen molar-refractivity contribution in [2.45, 2.75) is 64.0 Å². The van der Waals surface area contributed by atoms with Crippen LogP contribution in [0.15, 0.2) is 35.4 Å². The third kappa shape index (κ3) is 5.95. The summed E-state index contributed by atoms with van der Waals surface area (Å²) in [5, 5.41) is 3.81. The second-order valence-corrected chi connectivity index (χ2v) is 6.30. The number of ether oxygens (including phenoxy) is 1. The van der Waals surface area contributed by atoms with Crippen molar-refractivity contribution >= 4 is 5.97 Å². The highest BCUT2D eigenvalue weighted by atomic mass is 16.5. The molecule has 0 amide bonds. The minimum Gasteiger partial charge on any atom is -0.462 e. The Labute approximate surface area is 137 Å². The zero-order valence-corrected chi connectivity index (χ0v) is 13.7. The van der Waals surface area contributed by atoms with E-state index in [1.807, 2.05) is 6.07 Å². The number of benzene rings is 1. The molecule has 1 aliphatic carbocycles. The van der Waals surface area contributed by atoms with Gasteiger partial charge in [-0.3, -0.25) is 4.79 Å². The Morgan fingerprint density at radius 1 is 1.30 bits per heavy atom. The van der Waals surface area contributed by atoms with Crippen molar-refractivity contribution < 1.29 is 9.53 Å². The number of carbonyl (C=O) groups excluding carboxylic acids is 1. The summed E-state index contributed by atoms with van der Waals surface area (Å²) in [6, 6.07) is 10.5. The number of rotatable bonds is 7. The molecule has 0 bridgehead atoms. The fraction of sp³-hybridized carbons (Fsp3) is 0.611. The molecular formula is C18H25N3O2. The predicted molar refractivity (Wildman–Crippen MR) is 89.8 cm³/mol. The van der Waals surface area contributed by atoms with E-state index >= 15 is 0 Å². The lowest BCUT2D eigenvalue weighted by Crippen LogP contribution is -2.30. The summed E-state index contributed by atoms with van der Waals surface area (Å²) in [6.45, 7) is 1.48. The Kier molecular flexibility index (Phi) is 6.95. The van der Waals surface area contributed by atoms with Gasteiger partial charge in [0.25, 0.3) is 0 Å². The smallest absolute Gasteiger partial charge is 0.302 e. The molecule has 0 N–H and O–H groups in total. The maximum Gasteiger partial charge on any atom is 0.302 e. The molecule has 0 radical (unpaired) electrons. The van der Waals surface area contributed by atoms with E-state index in [-0.39, 0.29) is 18.1 Å². The molecule has 1 unspecified atom stereocenters. The number of esters is 1. The van der Waals surface area contributed by atoms with Gasteiger partial charge < -0.3 is 4.74 Å². The van der Waals surface area contributed by atoms with Crippen LogP contribution in [-0.4, -0.2) is 18.1 Å². The molecule has 1 atom stereocenters. The minimum atomic E-state index is -0.202. The SMILES string of the molecule is CC(=O)OC(CCCc1ccccc1)C1CCC(N=[N+]=[N-])CC1. The van der Waals surface area contributed by atoms with Gasteiger partial charge in [-0.25, -0.2) is 0 Å². The second-order valence-electron chi connectivity index (χ2n) is 6.30. The molecule has 0 saturated heterocycles. The quantitative estimate of drug-likeness (QED) is 0.313. The fourth-order valence-electron chi connectivity index (χ4n) is 3.42. The van der Waals surface area contributed by atoms with Crippen LogP contribution < -0.4 is 0 Å². The zero-order chi connectivity index (χ0) is 16.5. The van der Waals surface area contributed by atoms with E-state index < -0.39 is 0 Å². The van der Waals surface area contributed by atoms with Crippen molar-refractivity contribution in [3.05, 3.63) is 46.3 Å². The average Bonchev–Trinajstić information content (AvgIpc) is 2.56. The molecule has 0 aliphatic heterocycles. The Bertz CT molecular complexity index is 532. The van der Waals surface area contributed by atoms with E-state index in [1.54, 1.807) is 0 Å². The Morgan fingerprint density at radius 2 is 2.00 bits per heavy atom. The summed E-state index contributed by atoms with van der Waals surface area (Å²) in [4.78, 5) is 14.3. The van der Waals surface area contributed by atoms with E-state index in [9.17, 15) is 4.79 Å². The molecule has 1 aliphatic rings. The first-order chi connectivity index (χ1) is 11.2. The lowest BCUT2D eigenvalue weighted by molar-refractivity contribution is -0.150. The maximum atomic E-state index is 11.4. The number of hydrogen-bond donors (Lipinski definition) is 0. The molecular weight excluding hydrogens is 290 g/mol. The highest BCUT2D eigenvalue weighted by molar-refractivity contribution is 5.66. The first-order valence-electron chi connectivity index (χ1n) is 8.44. The summed E-state index contributed by atoms with van der Waals surface area (Å²) in [6.07, 6.45) is 6.62. The number of azide groups is 1. The van der Waals surface area contributed by atoms with Crippen LogP contribution in [-0.2, 0) is 16.0 Å². The molecule has 1 fully saturated rings. The second kappa shape index (κ2) is 9.21. The van der Waals surface area contributed by atoms with Gasteiger partial charge in [0.2, 0.25) is 0 Å². The molecule has 2 rings (SSSR count). The van der Waals surface area contributed by atoms with Crippen molar-refractivity contribution in [1.29, 1.82) is 0 Å². The Morgan fingerprint density at radius 3 is 2.61 bits per heavy atom. The summed E-state index contributed by atoms with van der Waals surface area (Å²) >= 11 is 0. The van der Waals surface area contributed by atoms with Crippen LogP contribution in [0.1, 0.15) is 51.0 Å². The van der Waals surface area contributed by atoms with E-state index in [4.69, 9.17) is 10.3 Å². The van der Waals surface area contributed by atoms with E-state index in [2.05, 4.69) is 34.3 Å². The molecule has 0 heterocycles. The van der Waals surface area contributed by atoms with E-state index in [0.29, 0.717) is 5.92 Å². The first kappa shape index (κ1) is 17.4. The van der Waals surface area contributed by atoms with Crippen molar-refractivity contribution in [2.24, 2.45) is 11.0 Å². The third-order valence-corrected chi connectivity index (χ3v) is 4.60. The highest BCUT2D eigenvalue weighted by Gasteiger charge is 2.28. The lowest BCUT2D eigenvalue weighted by atomic mass is 9.81. The van der Waals surface area contributed by atoms with Gasteiger partial charge in [0, 0.05) is 17.9 Å². The molecule has 124 valence electrons. The lowest BCUT2D eigenvalue weighted by Gasteiger charge is -2.32. The summed E-state index contributed by atoms with van der Waals surface area (Å²) in [7, 11) is 0. The molecule has 1 aromatic carbocycles. The highest BCUT2D eigenvalue weighted by Crippen LogP contribution is 2.32. The third-order valence-electron chi connectivity index (χ3n) is 4.60. The van der Waals surface area contributed by atoms with Crippen molar-refractivity contribution in [1.82, 2.24) is 0 Å². The molecule has 0 aromatic heterocycles. The van der Waals surface area contributed by atoms with Crippen LogP contribution in [0.2, 0.25) is 0 Å². The van der Waals surface area contributed by atoms with Crippen molar-refractivity contribution in [3.63, 3.8) is 0 Å². The standard InChI is InChI=1S/C18H25N3O2/c1-14(22)23-18(9-5-8-15-6-3-2-4-7-15)16-10-12-17(13-11-16)20-21-19/h2-4,6-7,16-18H,5,8-13H2,1H3. The molecule has 1 saturated carbocycles. The number of carbonyl (C=O) groups is 1. The first-order valence-corrected chi connectivity index (χ1v) is 8.44. The predicted octanol–water partition coefficient (Wildman–Crippen LogP) is 4.81. The van der Waals surface area contributed by atoms with Gasteiger partial charge in [0.1, 0.15) is 6.10 Å². The van der Waals surface area contributed by atoms with Gasteiger partial charge in [-0.15, -0.1) is 0 Å². The maximum absolute atomic E-state index is 11.4. The molecule has 23 heavy (non-hydrogen) atoms. The van der Waals surface area contributed by atoms with Crippen molar-refractivity contribution in [2.75, 3.05) is 0 Å². The van der Waals surface area contributed by atoms with Crippen LogP contribution in [0.5, 0.6) is 0 Å². The van der Waals surface area contributed by atoms with Crippen molar-refractivity contribution in [3.8, 4) is 0 Å². The largest absolute Gasteiger partial charge is 0.462 e. The van der Waals surface area contributed by atoms with E-state index in [1.165, 1.54) is 12.5 Å². The van der Waals surface area contributed by atoms with Crippen LogP contribution >= 0.6 is 0 Å². The minimum absolute atomic E-state index is 0.0109. The van der Waals surface area contributed by atoms with Crippen LogP contribution in [0.4, 0.5) is 0 Å². The van der Waals surface area contributed by atoms with Gasteiger partial charge in [0.05, 0.1) is 0 Å². The van der Waals surface area contributed by atoms with E-state index in [0.717, 1.165) is 44.9 Å². The Hall–Kier alpha value is -2.00. The summed E-state index contributed by atoms with van der Waals surface area (Å²) < 4.78 is 5.58. The van der Waals surface area contributed by atoms with Gasteiger partial charge >= 0.3 is 5.97 Å². The van der Waals surface area contributed by atoms with Gasteiger partial charge in [-0.2, -0.15) is 0 Å². The number of nitrogens with zero attached hydrogens (tertiary/aromatic N) is 3. The van der Waals surface area contributed by atoms with Crippen LogP contribution in [0.25, 0.3) is 10.4 Å². The van der Waals surface area contributed by atoms with Gasteiger partial charge in [0.15, 0.2) is 0 Å². The molecule has 0 spiro atoms. The zero-order valence-electron chi connectivity index (χ0n) is 13.7.